The average molecular weight is 272 g/mol. The van der Waals surface area contributed by atoms with Crippen molar-refractivity contribution in [2.45, 2.75) is 38.0 Å². The van der Waals surface area contributed by atoms with Crippen LogP contribution >= 0.6 is 0 Å². The van der Waals surface area contributed by atoms with Gasteiger partial charge in [-0.3, -0.25) is 4.79 Å². The molecule has 0 radical (unpaired) electrons. The highest BCUT2D eigenvalue weighted by molar-refractivity contribution is 7.91. The lowest BCUT2D eigenvalue weighted by atomic mass is 10.1. The monoisotopic (exact) mass is 272 g/mol. The summed E-state index contributed by atoms with van der Waals surface area (Å²) in [5.74, 6) is 0. The molecule has 1 aromatic rings. The van der Waals surface area contributed by atoms with Gasteiger partial charge < -0.3 is 10.7 Å². The maximum absolute atomic E-state index is 11.9. The van der Waals surface area contributed by atoms with Crippen molar-refractivity contribution >= 4 is 9.84 Å². The number of aromatic amines is 1. The molecule has 6 heteroatoms. The zero-order chi connectivity index (χ0) is 14.0. The number of unbranched alkanes of at least 4 members (excludes halogenated alkanes) is 1. The molecule has 0 aliphatic carbocycles. The van der Waals surface area contributed by atoms with Crippen LogP contribution in [0.5, 0.6) is 0 Å². The first-order chi connectivity index (χ1) is 8.20. The van der Waals surface area contributed by atoms with Gasteiger partial charge in [0.15, 0.2) is 9.84 Å². The zero-order valence-electron chi connectivity index (χ0n) is 11.0. The molecule has 18 heavy (non-hydrogen) atoms. The van der Waals surface area contributed by atoms with Crippen LogP contribution < -0.4 is 11.3 Å². The van der Waals surface area contributed by atoms with E-state index in [0.29, 0.717) is 0 Å². The van der Waals surface area contributed by atoms with Crippen molar-refractivity contribution in [3.8, 4) is 0 Å². The van der Waals surface area contributed by atoms with E-state index in [-0.39, 0.29) is 5.56 Å². The van der Waals surface area contributed by atoms with E-state index in [1.54, 1.807) is 6.07 Å². The van der Waals surface area contributed by atoms with Crippen LogP contribution in [0, 0.1) is 0 Å². The fourth-order valence-corrected chi connectivity index (χ4v) is 2.18. The second-order valence-corrected chi connectivity index (χ2v) is 7.10. The summed E-state index contributed by atoms with van der Waals surface area (Å²) in [5.41, 5.74) is 6.20. The van der Waals surface area contributed by atoms with E-state index in [1.807, 2.05) is 0 Å². The van der Waals surface area contributed by atoms with E-state index in [0.717, 1.165) is 31.2 Å². The Hall–Kier alpha value is -1.14. The van der Waals surface area contributed by atoms with Gasteiger partial charge in [0, 0.05) is 11.9 Å². The number of nitrogens with one attached hydrogen (secondary N) is 1. The number of hydrogen-bond donors (Lipinski definition) is 2. The van der Waals surface area contributed by atoms with E-state index in [2.05, 4.69) is 11.9 Å². The highest BCUT2D eigenvalue weighted by atomic mass is 32.2. The summed E-state index contributed by atoms with van der Waals surface area (Å²) < 4.78 is 23.2. The van der Waals surface area contributed by atoms with Crippen LogP contribution in [0.4, 0.5) is 0 Å². The molecule has 1 rings (SSSR count). The molecule has 5 nitrogen and oxygen atoms in total. The molecule has 0 spiro atoms. The molecule has 1 aromatic heterocycles. The molecule has 0 aliphatic rings. The highest BCUT2D eigenvalue weighted by Crippen LogP contribution is 2.20. The number of sulfone groups is 1. The van der Waals surface area contributed by atoms with Crippen LogP contribution in [-0.2, 0) is 21.1 Å². The van der Waals surface area contributed by atoms with Gasteiger partial charge in [0.2, 0.25) is 0 Å². The number of pyridine rings is 1. The minimum Gasteiger partial charge on any atom is -0.326 e. The van der Waals surface area contributed by atoms with Crippen LogP contribution in [0.3, 0.4) is 0 Å². The van der Waals surface area contributed by atoms with Gasteiger partial charge in [-0.15, -0.1) is 0 Å². The minimum atomic E-state index is -3.55. The first-order valence-electron chi connectivity index (χ1n) is 5.91. The van der Waals surface area contributed by atoms with Gasteiger partial charge >= 0.3 is 0 Å². The zero-order valence-corrected chi connectivity index (χ0v) is 11.8. The lowest BCUT2D eigenvalue weighted by molar-refractivity contribution is 0.549. The van der Waals surface area contributed by atoms with Crippen LogP contribution in [0.15, 0.2) is 16.9 Å². The summed E-state index contributed by atoms with van der Waals surface area (Å²) in [6, 6.07) is 3.23. The molecular formula is C12H20N2O3S. The largest absolute Gasteiger partial charge is 0.326 e. The number of rotatable bonds is 5. The molecule has 3 N–H and O–H groups in total. The molecule has 1 unspecified atom stereocenters. The molecule has 0 saturated heterocycles. The van der Waals surface area contributed by atoms with Gasteiger partial charge in [-0.05, 0) is 31.9 Å². The van der Waals surface area contributed by atoms with Crippen molar-refractivity contribution in [1.29, 1.82) is 0 Å². The quantitative estimate of drug-likeness (QED) is 0.832. The Morgan fingerprint density at radius 1 is 1.39 bits per heavy atom. The molecule has 0 bridgehead atoms. The number of nitrogens with two attached hydrogens (primary N) is 1. The van der Waals surface area contributed by atoms with Gasteiger partial charge in [-0.2, -0.15) is 0 Å². The molecular weight excluding hydrogens is 252 g/mol. The molecule has 0 fully saturated rings. The first-order valence-corrected chi connectivity index (χ1v) is 7.80. The Morgan fingerprint density at radius 2 is 2.00 bits per heavy atom. The predicted octanol–water partition coefficient (Wildman–Crippen LogP) is 0.894. The Kier molecular flexibility index (Phi) is 4.34. The lowest BCUT2D eigenvalue weighted by Crippen LogP contribution is -2.45. The van der Waals surface area contributed by atoms with Gasteiger partial charge in [-0.1, -0.05) is 13.3 Å². The van der Waals surface area contributed by atoms with E-state index >= 15 is 0 Å². The molecule has 1 atom stereocenters. The van der Waals surface area contributed by atoms with E-state index in [4.69, 9.17) is 5.73 Å². The van der Waals surface area contributed by atoms with Gasteiger partial charge in [0.1, 0.15) is 4.87 Å². The van der Waals surface area contributed by atoms with Crippen molar-refractivity contribution < 1.29 is 8.42 Å². The summed E-state index contributed by atoms with van der Waals surface area (Å²) in [4.78, 5) is 12.9. The number of H-pyrrole nitrogens is 1. The van der Waals surface area contributed by atoms with Crippen LogP contribution in [0.25, 0.3) is 0 Å². The second-order valence-electron chi connectivity index (χ2n) is 4.71. The Bertz CT molecular complexity index is 573. The number of hydrogen-bond acceptors (Lipinski definition) is 4. The summed E-state index contributed by atoms with van der Waals surface area (Å²) in [5, 5.41) is 0. The third kappa shape index (κ3) is 3.00. The third-order valence-electron chi connectivity index (χ3n) is 3.07. The molecule has 0 aliphatic heterocycles. The van der Waals surface area contributed by atoms with Crippen molar-refractivity contribution in [2.24, 2.45) is 5.73 Å². The fourth-order valence-electron chi connectivity index (χ4n) is 1.62. The standard InChI is InChI=1S/C12H20N2O3S/c1-4-5-6-9-7-8-10(11(15)14-9)12(2,13)18(3,16)17/h7-8H,4-6,13H2,1-3H3,(H,14,15). The second kappa shape index (κ2) is 5.24. The summed E-state index contributed by atoms with van der Waals surface area (Å²) >= 11 is 0. The van der Waals surface area contributed by atoms with Crippen molar-refractivity contribution in [3.05, 3.63) is 33.7 Å². The summed E-state index contributed by atoms with van der Waals surface area (Å²) in [6.07, 6.45) is 3.80. The van der Waals surface area contributed by atoms with E-state index in [1.165, 1.54) is 13.0 Å². The van der Waals surface area contributed by atoms with Gasteiger partial charge in [-0.25, -0.2) is 8.42 Å². The van der Waals surface area contributed by atoms with Crippen molar-refractivity contribution in [2.75, 3.05) is 6.26 Å². The van der Waals surface area contributed by atoms with Crippen LogP contribution in [0.1, 0.15) is 37.9 Å². The maximum atomic E-state index is 11.9. The normalized spacial score (nSPS) is 15.3. The molecule has 0 aromatic carbocycles. The molecule has 1 heterocycles. The Morgan fingerprint density at radius 3 is 2.44 bits per heavy atom. The maximum Gasteiger partial charge on any atom is 0.254 e. The Labute approximate surface area is 107 Å². The average Bonchev–Trinajstić information content (AvgIpc) is 2.24. The highest BCUT2D eigenvalue weighted by Gasteiger charge is 2.35. The van der Waals surface area contributed by atoms with Crippen LogP contribution in [0.2, 0.25) is 0 Å². The predicted molar refractivity (Wildman–Crippen MR) is 72.1 cm³/mol. The number of aryl methyl sites for hydroxylation is 1. The minimum absolute atomic E-state index is 0.0743. The summed E-state index contributed by atoms with van der Waals surface area (Å²) in [6.45, 7) is 3.39. The smallest absolute Gasteiger partial charge is 0.254 e. The third-order valence-corrected chi connectivity index (χ3v) is 4.84. The summed E-state index contributed by atoms with van der Waals surface area (Å²) in [7, 11) is -3.55. The lowest BCUT2D eigenvalue weighted by Gasteiger charge is -2.22. The van der Waals surface area contributed by atoms with E-state index < -0.39 is 20.3 Å². The SMILES string of the molecule is CCCCc1ccc(C(C)(N)S(C)(=O)=O)c(=O)[nH]1. The van der Waals surface area contributed by atoms with Gasteiger partial charge in [0.05, 0.1) is 5.56 Å². The topological polar surface area (TPSA) is 93.0 Å². The van der Waals surface area contributed by atoms with E-state index in [9.17, 15) is 13.2 Å². The first kappa shape index (κ1) is 14.9. The van der Waals surface area contributed by atoms with Gasteiger partial charge in [0.25, 0.3) is 5.56 Å². The van der Waals surface area contributed by atoms with Crippen molar-refractivity contribution in [1.82, 2.24) is 4.98 Å². The molecule has 0 saturated carbocycles. The van der Waals surface area contributed by atoms with Crippen molar-refractivity contribution in [3.63, 3.8) is 0 Å². The van der Waals surface area contributed by atoms with Crippen LogP contribution in [-0.4, -0.2) is 19.7 Å². The number of aromatic nitrogens is 1. The molecule has 0 amide bonds. The Balaban J connectivity index is 3.18. The fraction of sp³-hybridized carbons (Fsp3) is 0.583. The molecule has 102 valence electrons.